The minimum Gasteiger partial charge on any atom is -0.387 e. The molecule has 2 aliphatic heterocycles. The van der Waals surface area contributed by atoms with Crippen LogP contribution < -0.4 is 0 Å². The molecule has 124 valence electrons. The second kappa shape index (κ2) is 6.69. The lowest BCUT2D eigenvalue weighted by atomic mass is 9.79. The minimum atomic E-state index is -0.530. The molecule has 0 radical (unpaired) electrons. The second-order valence-electron chi connectivity index (χ2n) is 7.16. The summed E-state index contributed by atoms with van der Waals surface area (Å²) >= 11 is 0. The van der Waals surface area contributed by atoms with Crippen molar-refractivity contribution in [3.8, 4) is 0 Å². The largest absolute Gasteiger partial charge is 0.387 e. The maximum atomic E-state index is 11.2. The molecule has 2 atom stereocenters. The number of aliphatic hydroxyl groups is 1. The zero-order chi connectivity index (χ0) is 15.6. The summed E-state index contributed by atoms with van der Waals surface area (Å²) in [4.78, 5) is 9.08. The van der Waals surface area contributed by atoms with E-state index in [0.29, 0.717) is 6.04 Å². The van der Waals surface area contributed by atoms with Crippen LogP contribution in [0.1, 0.15) is 37.9 Å². The summed E-state index contributed by atoms with van der Waals surface area (Å²) < 4.78 is 2.17. The molecule has 0 bridgehead atoms. The van der Waals surface area contributed by atoms with Crippen LogP contribution >= 0.6 is 0 Å². The van der Waals surface area contributed by atoms with Gasteiger partial charge in [-0.3, -0.25) is 4.90 Å². The molecule has 0 saturated carbocycles. The summed E-state index contributed by atoms with van der Waals surface area (Å²) in [6.07, 6.45) is 9.67. The van der Waals surface area contributed by atoms with Crippen LogP contribution in [0.3, 0.4) is 0 Å². The molecule has 5 nitrogen and oxygen atoms in total. The predicted octanol–water partition coefficient (Wildman–Crippen LogP) is 1.50. The van der Waals surface area contributed by atoms with Crippen molar-refractivity contribution in [1.82, 2.24) is 19.4 Å². The molecule has 3 heterocycles. The molecule has 1 N–H and O–H groups in total. The highest BCUT2D eigenvalue weighted by molar-refractivity contribution is 5.00. The molecular formula is C17H30N4O. The fraction of sp³-hybridized carbons (Fsp3) is 0.824. The van der Waals surface area contributed by atoms with Crippen LogP contribution in [-0.4, -0.2) is 69.3 Å². The number of nitrogens with zero attached hydrogens (tertiary/aromatic N) is 4. The fourth-order valence-corrected chi connectivity index (χ4v) is 4.27. The predicted molar refractivity (Wildman–Crippen MR) is 87.9 cm³/mol. The second-order valence-corrected chi connectivity index (χ2v) is 7.16. The van der Waals surface area contributed by atoms with Gasteiger partial charge in [0.25, 0.3) is 0 Å². The van der Waals surface area contributed by atoms with E-state index in [9.17, 15) is 5.11 Å². The Balaban J connectivity index is 1.57. The standard InChI is InChI=1S/C17H30N4O/c1-15-18-8-11-20(15)13-12-19(2)14-17(22)7-5-10-21-9-4-3-6-16(17)21/h8,11,16,22H,3-7,9-10,12-14H2,1-2H3/t16-,17-/m1/s1. The molecule has 0 amide bonds. The Bertz CT molecular complexity index is 487. The van der Waals surface area contributed by atoms with Crippen LogP contribution in [-0.2, 0) is 6.54 Å². The van der Waals surface area contributed by atoms with E-state index < -0.39 is 5.60 Å². The van der Waals surface area contributed by atoms with Crippen molar-refractivity contribution in [3.63, 3.8) is 0 Å². The van der Waals surface area contributed by atoms with Gasteiger partial charge in [-0.1, -0.05) is 6.42 Å². The highest BCUT2D eigenvalue weighted by atomic mass is 16.3. The Morgan fingerprint density at radius 2 is 2.18 bits per heavy atom. The fourth-order valence-electron chi connectivity index (χ4n) is 4.27. The minimum absolute atomic E-state index is 0.368. The van der Waals surface area contributed by atoms with E-state index in [1.54, 1.807) is 0 Å². The van der Waals surface area contributed by atoms with Gasteiger partial charge >= 0.3 is 0 Å². The van der Waals surface area contributed by atoms with Crippen LogP contribution in [0.25, 0.3) is 0 Å². The van der Waals surface area contributed by atoms with E-state index in [1.165, 1.54) is 25.9 Å². The summed E-state index contributed by atoms with van der Waals surface area (Å²) in [5.74, 6) is 1.06. The number of imidazole rings is 1. The van der Waals surface area contributed by atoms with Crippen molar-refractivity contribution in [2.75, 3.05) is 33.2 Å². The quantitative estimate of drug-likeness (QED) is 0.895. The highest BCUT2D eigenvalue weighted by Gasteiger charge is 2.44. The number of fused-ring (bicyclic) bond motifs is 1. The van der Waals surface area contributed by atoms with Gasteiger partial charge in [-0.15, -0.1) is 0 Å². The van der Waals surface area contributed by atoms with Gasteiger partial charge in [0, 0.05) is 38.1 Å². The van der Waals surface area contributed by atoms with Gasteiger partial charge in [-0.05, 0) is 52.7 Å². The summed E-state index contributed by atoms with van der Waals surface area (Å²) in [5, 5.41) is 11.2. The van der Waals surface area contributed by atoms with Crippen molar-refractivity contribution in [1.29, 1.82) is 0 Å². The molecule has 0 unspecified atom stereocenters. The van der Waals surface area contributed by atoms with Crippen LogP contribution in [0.2, 0.25) is 0 Å². The smallest absolute Gasteiger partial charge is 0.105 e. The zero-order valence-electron chi connectivity index (χ0n) is 14.0. The number of rotatable bonds is 5. The molecule has 0 aliphatic carbocycles. The average Bonchev–Trinajstić information content (AvgIpc) is 2.91. The topological polar surface area (TPSA) is 44.5 Å². The summed E-state index contributed by atoms with van der Waals surface area (Å²) in [5.41, 5.74) is -0.530. The molecule has 3 rings (SSSR count). The molecular weight excluding hydrogens is 276 g/mol. The Labute approximate surface area is 133 Å². The summed E-state index contributed by atoms with van der Waals surface area (Å²) in [6.45, 7) is 7.05. The third-order valence-electron chi connectivity index (χ3n) is 5.48. The van der Waals surface area contributed by atoms with Crippen LogP contribution in [0.4, 0.5) is 0 Å². The lowest BCUT2D eigenvalue weighted by Gasteiger charge is -2.50. The van der Waals surface area contributed by atoms with Gasteiger partial charge in [0.1, 0.15) is 5.82 Å². The Morgan fingerprint density at radius 1 is 1.36 bits per heavy atom. The van der Waals surface area contributed by atoms with E-state index in [-0.39, 0.29) is 0 Å². The summed E-state index contributed by atoms with van der Waals surface area (Å²) in [7, 11) is 2.13. The number of aryl methyl sites for hydroxylation is 1. The van der Waals surface area contributed by atoms with Crippen molar-refractivity contribution in [3.05, 3.63) is 18.2 Å². The Hall–Kier alpha value is -0.910. The third-order valence-corrected chi connectivity index (χ3v) is 5.48. The van der Waals surface area contributed by atoms with Crippen LogP contribution in [0.15, 0.2) is 12.4 Å². The first-order chi connectivity index (χ1) is 10.6. The molecule has 0 aromatic carbocycles. The number of hydrogen-bond donors (Lipinski definition) is 1. The maximum absolute atomic E-state index is 11.2. The van der Waals surface area contributed by atoms with E-state index in [4.69, 9.17) is 0 Å². The van der Waals surface area contributed by atoms with E-state index in [2.05, 4.69) is 26.4 Å². The van der Waals surface area contributed by atoms with Gasteiger partial charge in [0.15, 0.2) is 0 Å². The van der Waals surface area contributed by atoms with Gasteiger partial charge in [0.2, 0.25) is 0 Å². The van der Waals surface area contributed by atoms with E-state index in [0.717, 1.165) is 44.7 Å². The van der Waals surface area contributed by atoms with Crippen molar-refractivity contribution >= 4 is 0 Å². The normalized spacial score (nSPS) is 29.7. The monoisotopic (exact) mass is 306 g/mol. The van der Waals surface area contributed by atoms with Crippen LogP contribution in [0, 0.1) is 6.92 Å². The molecule has 2 saturated heterocycles. The van der Waals surface area contributed by atoms with E-state index in [1.807, 2.05) is 19.3 Å². The van der Waals surface area contributed by atoms with Gasteiger partial charge in [-0.25, -0.2) is 4.98 Å². The molecule has 1 aromatic rings. The first-order valence-electron chi connectivity index (χ1n) is 8.71. The van der Waals surface area contributed by atoms with Gasteiger partial charge < -0.3 is 14.6 Å². The summed E-state index contributed by atoms with van der Waals surface area (Å²) in [6, 6.07) is 0.368. The number of piperidine rings is 2. The van der Waals surface area contributed by atoms with Crippen molar-refractivity contribution in [2.45, 2.75) is 57.2 Å². The zero-order valence-corrected chi connectivity index (χ0v) is 14.0. The molecule has 22 heavy (non-hydrogen) atoms. The van der Waals surface area contributed by atoms with Crippen LogP contribution in [0.5, 0.6) is 0 Å². The average molecular weight is 306 g/mol. The van der Waals surface area contributed by atoms with Crippen molar-refractivity contribution < 1.29 is 5.11 Å². The number of hydrogen-bond acceptors (Lipinski definition) is 4. The number of likely N-dealkylation sites (N-methyl/N-ethyl adjacent to an activating group) is 1. The first kappa shape index (κ1) is 16.0. The van der Waals surface area contributed by atoms with Gasteiger partial charge in [0.05, 0.1) is 5.60 Å². The lowest BCUT2D eigenvalue weighted by Crippen LogP contribution is -2.62. The Kier molecular flexibility index (Phi) is 4.85. The SMILES string of the molecule is Cc1nccn1CCN(C)C[C@]1(O)CCCN2CCCC[C@@H]21. The van der Waals surface area contributed by atoms with Gasteiger partial charge in [-0.2, -0.15) is 0 Å². The maximum Gasteiger partial charge on any atom is 0.105 e. The van der Waals surface area contributed by atoms with E-state index >= 15 is 0 Å². The number of aromatic nitrogens is 2. The van der Waals surface area contributed by atoms with Crippen molar-refractivity contribution in [2.24, 2.45) is 0 Å². The molecule has 2 aliphatic rings. The lowest BCUT2D eigenvalue weighted by molar-refractivity contribution is -0.106. The highest BCUT2D eigenvalue weighted by Crippen LogP contribution is 2.34. The molecule has 1 aromatic heterocycles. The third kappa shape index (κ3) is 3.36. The Morgan fingerprint density at radius 3 is 2.95 bits per heavy atom. The molecule has 0 spiro atoms. The molecule has 5 heteroatoms. The molecule has 2 fully saturated rings. The first-order valence-corrected chi connectivity index (χ1v) is 8.71.